The highest BCUT2D eigenvalue weighted by atomic mass is 16.1. The van der Waals surface area contributed by atoms with Crippen LogP contribution in [0.4, 0.5) is 0 Å². The maximum Gasteiger partial charge on any atom is 0.124 e. The fraction of sp³-hybridized carbons (Fsp3) is 0.833. The summed E-state index contributed by atoms with van der Waals surface area (Å²) in [5, 5.41) is 0. The number of aldehydes is 1. The van der Waals surface area contributed by atoms with Crippen LogP contribution in [-0.4, -0.2) is 12.3 Å². The molecule has 1 fully saturated rings. The van der Waals surface area contributed by atoms with Crippen LogP contribution in [0, 0.1) is 5.92 Å². The smallest absolute Gasteiger partial charge is 0.124 e. The van der Waals surface area contributed by atoms with Gasteiger partial charge < -0.3 is 10.5 Å². The first kappa shape index (κ1) is 5.76. The number of carbonyl (C=O) groups excluding carboxylic acids is 1. The molecule has 1 rings (SSSR count). The van der Waals surface area contributed by atoms with Gasteiger partial charge in [-0.05, 0) is 12.8 Å². The summed E-state index contributed by atoms with van der Waals surface area (Å²) in [4.78, 5) is 10.1. The molecule has 0 spiro atoms. The third kappa shape index (κ3) is 0.892. The lowest BCUT2D eigenvalue weighted by Gasteiger charge is -2.04. The third-order valence-electron chi connectivity index (χ3n) is 1.80. The molecule has 0 radical (unpaired) electrons. The Labute approximate surface area is 49.1 Å². The number of nitrogens with two attached hydrogens (primary N) is 1. The number of hydrogen-bond acceptors (Lipinski definition) is 2. The molecule has 1 aliphatic rings. The summed E-state index contributed by atoms with van der Waals surface area (Å²) in [5.41, 5.74) is 5.56. The van der Waals surface area contributed by atoms with Crippen LogP contribution in [0.5, 0.6) is 0 Å². The van der Waals surface area contributed by atoms with E-state index in [1.165, 1.54) is 0 Å². The van der Waals surface area contributed by atoms with Crippen molar-refractivity contribution in [1.82, 2.24) is 0 Å². The largest absolute Gasteiger partial charge is 0.327 e. The van der Waals surface area contributed by atoms with E-state index in [4.69, 9.17) is 5.73 Å². The van der Waals surface area contributed by atoms with Gasteiger partial charge in [-0.15, -0.1) is 0 Å². The van der Waals surface area contributed by atoms with E-state index in [9.17, 15) is 4.79 Å². The van der Waals surface area contributed by atoms with Crippen molar-refractivity contribution < 1.29 is 4.79 Å². The highest BCUT2D eigenvalue weighted by Crippen LogP contribution is 2.21. The second-order valence-electron chi connectivity index (χ2n) is 2.39. The summed E-state index contributed by atoms with van der Waals surface area (Å²) < 4.78 is 0. The maximum atomic E-state index is 10.1. The van der Waals surface area contributed by atoms with E-state index < -0.39 is 0 Å². The van der Waals surface area contributed by atoms with E-state index in [0.717, 1.165) is 25.5 Å². The van der Waals surface area contributed by atoms with Crippen LogP contribution in [0.15, 0.2) is 0 Å². The van der Waals surface area contributed by atoms with Crippen molar-refractivity contribution >= 4 is 6.29 Å². The van der Waals surface area contributed by atoms with Crippen molar-refractivity contribution in [3.8, 4) is 0 Å². The predicted molar refractivity (Wildman–Crippen MR) is 31.4 cm³/mol. The minimum absolute atomic E-state index is 0.160. The number of hydrogen-bond donors (Lipinski definition) is 1. The van der Waals surface area contributed by atoms with Gasteiger partial charge in [0.2, 0.25) is 0 Å². The van der Waals surface area contributed by atoms with Gasteiger partial charge in [-0.3, -0.25) is 0 Å². The van der Waals surface area contributed by atoms with Gasteiger partial charge in [0.05, 0.1) is 0 Å². The first-order valence-corrected chi connectivity index (χ1v) is 3.05. The Morgan fingerprint density at radius 2 is 2.25 bits per heavy atom. The fourth-order valence-corrected chi connectivity index (χ4v) is 1.19. The van der Waals surface area contributed by atoms with Crippen LogP contribution < -0.4 is 5.73 Å². The van der Waals surface area contributed by atoms with Gasteiger partial charge in [0, 0.05) is 12.0 Å². The lowest BCUT2D eigenvalue weighted by atomic mass is 10.1. The highest BCUT2D eigenvalue weighted by Gasteiger charge is 2.22. The Kier molecular flexibility index (Phi) is 1.63. The molecule has 0 bridgehead atoms. The number of carbonyl (C=O) groups is 1. The van der Waals surface area contributed by atoms with E-state index in [0.29, 0.717) is 0 Å². The maximum absolute atomic E-state index is 10.1. The molecule has 1 saturated carbocycles. The molecule has 0 aromatic rings. The Hall–Kier alpha value is -0.370. The molecule has 0 amide bonds. The lowest BCUT2D eigenvalue weighted by Crippen LogP contribution is -2.24. The van der Waals surface area contributed by atoms with E-state index in [-0.39, 0.29) is 12.0 Å². The molecule has 0 aromatic heterocycles. The fourth-order valence-electron chi connectivity index (χ4n) is 1.19. The normalized spacial score (nSPS) is 37.6. The molecule has 0 aliphatic heterocycles. The molecule has 8 heavy (non-hydrogen) atoms. The SMILES string of the molecule is N[C@@H]1CCCC1C=O. The van der Waals surface area contributed by atoms with E-state index in [1.807, 2.05) is 0 Å². The zero-order valence-electron chi connectivity index (χ0n) is 4.84. The molecule has 0 saturated heterocycles. The zero-order valence-corrected chi connectivity index (χ0v) is 4.84. The van der Waals surface area contributed by atoms with E-state index in [1.54, 1.807) is 0 Å². The number of rotatable bonds is 1. The molecule has 2 heteroatoms. The quantitative estimate of drug-likeness (QED) is 0.497. The third-order valence-corrected chi connectivity index (χ3v) is 1.80. The van der Waals surface area contributed by atoms with E-state index in [2.05, 4.69) is 0 Å². The lowest BCUT2D eigenvalue weighted by molar-refractivity contribution is -0.111. The van der Waals surface area contributed by atoms with Gasteiger partial charge in [-0.2, -0.15) is 0 Å². The van der Waals surface area contributed by atoms with E-state index >= 15 is 0 Å². The van der Waals surface area contributed by atoms with Crippen molar-refractivity contribution in [2.45, 2.75) is 25.3 Å². The summed E-state index contributed by atoms with van der Waals surface area (Å²) in [6.45, 7) is 0. The minimum atomic E-state index is 0.160. The van der Waals surface area contributed by atoms with Crippen LogP contribution in [0.2, 0.25) is 0 Å². The summed E-state index contributed by atoms with van der Waals surface area (Å²) in [6.07, 6.45) is 4.15. The minimum Gasteiger partial charge on any atom is -0.327 e. The van der Waals surface area contributed by atoms with Gasteiger partial charge in [-0.25, -0.2) is 0 Å². The summed E-state index contributed by atoms with van der Waals surface area (Å²) in [6, 6.07) is 0.160. The summed E-state index contributed by atoms with van der Waals surface area (Å²) >= 11 is 0. The van der Waals surface area contributed by atoms with Crippen molar-refractivity contribution in [3.63, 3.8) is 0 Å². The van der Waals surface area contributed by atoms with Gasteiger partial charge in [0.1, 0.15) is 6.29 Å². The van der Waals surface area contributed by atoms with Crippen LogP contribution >= 0.6 is 0 Å². The Bertz CT molecular complexity index is 92.5. The van der Waals surface area contributed by atoms with Crippen LogP contribution in [-0.2, 0) is 4.79 Å². The van der Waals surface area contributed by atoms with Crippen LogP contribution in [0.25, 0.3) is 0 Å². The Morgan fingerprint density at radius 1 is 1.50 bits per heavy atom. The average Bonchev–Trinajstić information content (AvgIpc) is 2.14. The topological polar surface area (TPSA) is 43.1 Å². The van der Waals surface area contributed by atoms with Crippen molar-refractivity contribution in [1.29, 1.82) is 0 Å². The molecule has 46 valence electrons. The Morgan fingerprint density at radius 3 is 2.50 bits per heavy atom. The molecular weight excluding hydrogens is 102 g/mol. The van der Waals surface area contributed by atoms with Gasteiger partial charge in [0.15, 0.2) is 0 Å². The monoisotopic (exact) mass is 113 g/mol. The second-order valence-corrected chi connectivity index (χ2v) is 2.39. The molecule has 1 aliphatic carbocycles. The van der Waals surface area contributed by atoms with Gasteiger partial charge in [0.25, 0.3) is 0 Å². The van der Waals surface area contributed by atoms with Crippen molar-refractivity contribution in [2.75, 3.05) is 0 Å². The molecule has 0 heterocycles. The molecule has 0 aromatic carbocycles. The van der Waals surface area contributed by atoms with Crippen molar-refractivity contribution in [3.05, 3.63) is 0 Å². The van der Waals surface area contributed by atoms with Crippen LogP contribution in [0.1, 0.15) is 19.3 Å². The molecule has 2 atom stereocenters. The van der Waals surface area contributed by atoms with Gasteiger partial charge >= 0.3 is 0 Å². The van der Waals surface area contributed by atoms with Gasteiger partial charge in [-0.1, -0.05) is 6.42 Å². The molecule has 2 N–H and O–H groups in total. The van der Waals surface area contributed by atoms with Crippen LogP contribution in [0.3, 0.4) is 0 Å². The Balaban J connectivity index is 2.41. The zero-order chi connectivity index (χ0) is 5.98. The highest BCUT2D eigenvalue weighted by molar-refractivity contribution is 5.55. The standard InChI is InChI=1S/C6H11NO/c7-6-3-1-2-5(6)4-8/h4-6H,1-3,7H2/t5?,6-/m1/s1. The molecular formula is C6H11NO. The molecule has 2 nitrogen and oxygen atoms in total. The second kappa shape index (κ2) is 2.27. The predicted octanol–water partition coefficient (Wildman–Crippen LogP) is 0.313. The van der Waals surface area contributed by atoms with Crippen molar-refractivity contribution in [2.24, 2.45) is 11.7 Å². The first-order valence-electron chi connectivity index (χ1n) is 3.05. The first-order chi connectivity index (χ1) is 3.84. The summed E-state index contributed by atoms with van der Waals surface area (Å²) in [7, 11) is 0. The summed E-state index contributed by atoms with van der Waals surface area (Å²) in [5.74, 6) is 0.162. The molecule has 1 unspecified atom stereocenters. The average molecular weight is 113 g/mol.